The first kappa shape index (κ1) is 17.8. The number of benzene rings is 2. The van der Waals surface area contributed by atoms with Crippen LogP contribution in [0.15, 0.2) is 58.1 Å². The summed E-state index contributed by atoms with van der Waals surface area (Å²) in [6.45, 7) is 0. The highest BCUT2D eigenvalue weighted by molar-refractivity contribution is 9.10. The van der Waals surface area contributed by atoms with Crippen molar-refractivity contribution in [2.75, 3.05) is 5.32 Å². The molecule has 0 saturated heterocycles. The molecule has 0 fully saturated rings. The molecule has 7 heteroatoms. The van der Waals surface area contributed by atoms with E-state index in [0.717, 1.165) is 4.47 Å². The Morgan fingerprint density at radius 2 is 1.62 bits per heavy atom. The molecule has 0 aromatic heterocycles. The third kappa shape index (κ3) is 6.29. The Kier molecular flexibility index (Phi) is 6.62. The molecule has 0 aliphatic heterocycles. The maximum absolute atomic E-state index is 12.7. The Morgan fingerprint density at radius 1 is 1.00 bits per heavy atom. The van der Waals surface area contributed by atoms with Gasteiger partial charge < -0.3 is 5.32 Å². The quantitative estimate of drug-likeness (QED) is 0.584. The Morgan fingerprint density at radius 3 is 2.29 bits per heavy atom. The Balaban J connectivity index is 1.71. The fourth-order valence-corrected chi connectivity index (χ4v) is 2.03. The van der Waals surface area contributed by atoms with Gasteiger partial charge in [0.2, 0.25) is 11.8 Å². The molecular formula is C17H15BrFN3O2. The van der Waals surface area contributed by atoms with Gasteiger partial charge in [-0.25, -0.2) is 9.82 Å². The van der Waals surface area contributed by atoms with Gasteiger partial charge in [0.05, 0.1) is 6.21 Å². The lowest BCUT2D eigenvalue weighted by molar-refractivity contribution is -0.124. The van der Waals surface area contributed by atoms with Crippen molar-refractivity contribution in [1.29, 1.82) is 0 Å². The number of rotatable bonds is 6. The van der Waals surface area contributed by atoms with E-state index in [0.29, 0.717) is 11.3 Å². The first-order valence-corrected chi connectivity index (χ1v) is 7.95. The van der Waals surface area contributed by atoms with Crippen LogP contribution in [0.4, 0.5) is 10.1 Å². The van der Waals surface area contributed by atoms with Crippen LogP contribution in [0.3, 0.4) is 0 Å². The second-order valence-corrected chi connectivity index (χ2v) is 5.82. The van der Waals surface area contributed by atoms with E-state index in [4.69, 9.17) is 0 Å². The van der Waals surface area contributed by atoms with Gasteiger partial charge in [-0.05, 0) is 42.0 Å². The number of carbonyl (C=O) groups excluding carboxylic acids is 2. The lowest BCUT2D eigenvalue weighted by atomic mass is 10.2. The summed E-state index contributed by atoms with van der Waals surface area (Å²) in [5.74, 6) is -0.970. The lowest BCUT2D eigenvalue weighted by Gasteiger charge is -2.04. The number of nitrogens with one attached hydrogen (secondary N) is 2. The van der Waals surface area contributed by atoms with Gasteiger partial charge >= 0.3 is 0 Å². The van der Waals surface area contributed by atoms with E-state index in [-0.39, 0.29) is 30.5 Å². The molecule has 0 unspecified atom stereocenters. The van der Waals surface area contributed by atoms with E-state index < -0.39 is 0 Å². The number of hydrogen-bond acceptors (Lipinski definition) is 3. The van der Waals surface area contributed by atoms with E-state index in [1.807, 2.05) is 12.1 Å². The first-order valence-electron chi connectivity index (χ1n) is 7.16. The number of carbonyl (C=O) groups is 2. The normalized spacial score (nSPS) is 10.6. The molecule has 2 amide bonds. The maximum atomic E-state index is 12.7. The van der Waals surface area contributed by atoms with E-state index in [1.54, 1.807) is 12.1 Å². The van der Waals surface area contributed by atoms with Crippen molar-refractivity contribution in [3.05, 3.63) is 64.4 Å². The van der Waals surface area contributed by atoms with Crippen molar-refractivity contribution in [3.63, 3.8) is 0 Å². The molecule has 24 heavy (non-hydrogen) atoms. The average molecular weight is 392 g/mol. The Labute approximate surface area is 147 Å². The summed E-state index contributed by atoms with van der Waals surface area (Å²) in [6.07, 6.45) is 1.47. The second-order valence-electron chi connectivity index (χ2n) is 4.90. The SMILES string of the molecule is O=C(CCC(=O)Nc1ccc(Br)cc1)NN=Cc1ccc(F)cc1. The van der Waals surface area contributed by atoms with Crippen LogP contribution in [0.5, 0.6) is 0 Å². The monoisotopic (exact) mass is 391 g/mol. The van der Waals surface area contributed by atoms with Crippen molar-refractivity contribution in [2.45, 2.75) is 12.8 Å². The first-order chi connectivity index (χ1) is 11.5. The second kappa shape index (κ2) is 8.93. The van der Waals surface area contributed by atoms with Crippen molar-refractivity contribution in [2.24, 2.45) is 5.10 Å². The minimum Gasteiger partial charge on any atom is -0.326 e. The topological polar surface area (TPSA) is 70.6 Å². The predicted octanol–water partition coefficient (Wildman–Crippen LogP) is 3.46. The zero-order valence-corrected chi connectivity index (χ0v) is 14.2. The summed E-state index contributed by atoms with van der Waals surface area (Å²) in [5, 5.41) is 6.46. The molecule has 2 aromatic carbocycles. The summed E-state index contributed by atoms with van der Waals surface area (Å²) < 4.78 is 13.7. The third-order valence-corrected chi connectivity index (χ3v) is 3.51. The smallest absolute Gasteiger partial charge is 0.240 e. The summed E-state index contributed by atoms with van der Waals surface area (Å²) >= 11 is 3.31. The highest BCUT2D eigenvalue weighted by Crippen LogP contribution is 2.14. The van der Waals surface area contributed by atoms with Crippen LogP contribution in [-0.4, -0.2) is 18.0 Å². The van der Waals surface area contributed by atoms with Crippen molar-refractivity contribution in [1.82, 2.24) is 5.43 Å². The Bertz CT molecular complexity index is 731. The van der Waals surface area contributed by atoms with Crippen LogP contribution >= 0.6 is 15.9 Å². The van der Waals surface area contributed by atoms with Gasteiger partial charge in [0, 0.05) is 23.0 Å². The minimum atomic E-state index is -0.376. The van der Waals surface area contributed by atoms with Gasteiger partial charge in [0.15, 0.2) is 0 Å². The molecule has 5 nitrogen and oxygen atoms in total. The molecular weight excluding hydrogens is 377 g/mol. The molecule has 0 heterocycles. The van der Waals surface area contributed by atoms with Crippen molar-refractivity contribution in [3.8, 4) is 0 Å². The van der Waals surface area contributed by atoms with Crippen LogP contribution < -0.4 is 10.7 Å². The van der Waals surface area contributed by atoms with Gasteiger partial charge in [-0.3, -0.25) is 9.59 Å². The van der Waals surface area contributed by atoms with Gasteiger partial charge in [0.25, 0.3) is 0 Å². The predicted molar refractivity (Wildman–Crippen MR) is 94.1 cm³/mol. The van der Waals surface area contributed by atoms with Crippen LogP contribution in [0, 0.1) is 5.82 Å². The molecule has 0 spiro atoms. The summed E-state index contributed by atoms with van der Waals surface area (Å²) in [4.78, 5) is 23.4. The average Bonchev–Trinajstić information content (AvgIpc) is 2.57. The summed E-state index contributed by atoms with van der Waals surface area (Å²) in [6, 6.07) is 12.8. The Hall–Kier alpha value is -2.54. The standard InChI is InChI=1S/C17H15BrFN3O2/c18-13-3-7-15(8-4-13)21-16(23)9-10-17(24)22-20-11-12-1-5-14(19)6-2-12/h1-8,11H,9-10H2,(H,21,23)(H,22,24). The number of hydrazone groups is 1. The molecule has 0 bridgehead atoms. The fourth-order valence-electron chi connectivity index (χ4n) is 1.77. The van der Waals surface area contributed by atoms with Gasteiger partial charge in [-0.2, -0.15) is 5.10 Å². The van der Waals surface area contributed by atoms with Crippen LogP contribution in [0.1, 0.15) is 18.4 Å². The van der Waals surface area contributed by atoms with Crippen molar-refractivity contribution < 1.29 is 14.0 Å². The van der Waals surface area contributed by atoms with Gasteiger partial charge in [0.1, 0.15) is 5.82 Å². The highest BCUT2D eigenvalue weighted by Gasteiger charge is 2.06. The number of amides is 2. The molecule has 0 saturated carbocycles. The fraction of sp³-hybridized carbons (Fsp3) is 0.118. The largest absolute Gasteiger partial charge is 0.326 e. The number of nitrogens with zero attached hydrogens (tertiary/aromatic N) is 1. The van der Waals surface area contributed by atoms with E-state index in [2.05, 4.69) is 31.8 Å². The van der Waals surface area contributed by atoms with Crippen LogP contribution in [-0.2, 0) is 9.59 Å². The van der Waals surface area contributed by atoms with Gasteiger partial charge in [-0.15, -0.1) is 0 Å². The molecule has 0 aliphatic carbocycles. The number of hydrogen-bond donors (Lipinski definition) is 2. The van der Waals surface area contributed by atoms with E-state index >= 15 is 0 Å². The molecule has 0 atom stereocenters. The van der Waals surface area contributed by atoms with E-state index in [1.165, 1.54) is 30.5 Å². The third-order valence-electron chi connectivity index (χ3n) is 2.98. The zero-order valence-electron chi connectivity index (χ0n) is 12.6. The van der Waals surface area contributed by atoms with Gasteiger partial charge in [-0.1, -0.05) is 28.1 Å². The number of anilines is 1. The summed E-state index contributed by atoms with van der Waals surface area (Å²) in [7, 11) is 0. The number of halogens is 2. The molecule has 2 rings (SSSR count). The molecule has 0 radical (unpaired) electrons. The van der Waals surface area contributed by atoms with E-state index in [9.17, 15) is 14.0 Å². The molecule has 124 valence electrons. The highest BCUT2D eigenvalue weighted by atomic mass is 79.9. The summed E-state index contributed by atoms with van der Waals surface area (Å²) in [5.41, 5.74) is 3.64. The molecule has 0 aliphatic rings. The molecule has 2 aromatic rings. The minimum absolute atomic E-state index is 0.0170. The van der Waals surface area contributed by atoms with Crippen LogP contribution in [0.25, 0.3) is 0 Å². The van der Waals surface area contributed by atoms with Crippen LogP contribution in [0.2, 0.25) is 0 Å². The molecule has 2 N–H and O–H groups in total. The lowest BCUT2D eigenvalue weighted by Crippen LogP contribution is -2.20. The maximum Gasteiger partial charge on any atom is 0.240 e. The van der Waals surface area contributed by atoms with Crippen molar-refractivity contribution >= 4 is 39.6 Å². The zero-order chi connectivity index (χ0) is 17.4.